The van der Waals surface area contributed by atoms with E-state index in [2.05, 4.69) is 21.0 Å². The summed E-state index contributed by atoms with van der Waals surface area (Å²) in [5.74, 6) is -0.384. The van der Waals surface area contributed by atoms with E-state index in [4.69, 9.17) is 4.74 Å². The molecule has 0 aliphatic heterocycles. The molecule has 8 heteroatoms. The molecule has 3 rings (SSSR count). The van der Waals surface area contributed by atoms with Crippen LogP contribution < -0.4 is 10.2 Å². The summed E-state index contributed by atoms with van der Waals surface area (Å²) in [5.41, 5.74) is -0.191. The zero-order chi connectivity index (χ0) is 21.0. The number of ether oxygens (including phenoxy) is 1. The first-order valence-corrected chi connectivity index (χ1v) is 9.66. The minimum Gasteiger partial charge on any atom is -0.492 e. The average Bonchev–Trinajstić information content (AvgIpc) is 2.70. The van der Waals surface area contributed by atoms with Crippen molar-refractivity contribution in [2.24, 2.45) is 0 Å². The number of likely N-dealkylation sites (N-methyl/N-ethyl adjacent to an activating group) is 1. The number of halogens is 2. The maximum Gasteiger partial charge on any atom is 0.278 e. The SMILES string of the molecule is Cc1cc(=O)c(C(=O)N(C)CCOc2ccc(Br)cc2)nn1-c1ccccc1F. The lowest BCUT2D eigenvalue weighted by molar-refractivity contribution is 0.0764. The minimum atomic E-state index is -0.556. The Bertz CT molecular complexity index is 1080. The van der Waals surface area contributed by atoms with Gasteiger partial charge in [-0.05, 0) is 43.3 Å². The summed E-state index contributed by atoms with van der Waals surface area (Å²) in [6.07, 6.45) is 0. The van der Waals surface area contributed by atoms with E-state index in [-0.39, 0.29) is 24.5 Å². The van der Waals surface area contributed by atoms with Crippen LogP contribution in [0.3, 0.4) is 0 Å². The predicted octanol–water partition coefficient (Wildman–Crippen LogP) is 3.59. The van der Waals surface area contributed by atoms with Crippen molar-refractivity contribution in [3.8, 4) is 11.4 Å². The summed E-state index contributed by atoms with van der Waals surface area (Å²) in [5, 5.41) is 4.13. The van der Waals surface area contributed by atoms with Crippen LogP contribution in [0, 0.1) is 12.7 Å². The van der Waals surface area contributed by atoms with Gasteiger partial charge in [-0.1, -0.05) is 28.1 Å². The summed E-state index contributed by atoms with van der Waals surface area (Å²) in [6, 6.07) is 14.6. The Balaban J connectivity index is 1.76. The monoisotopic (exact) mass is 459 g/mol. The number of benzene rings is 2. The highest BCUT2D eigenvalue weighted by Gasteiger charge is 2.20. The van der Waals surface area contributed by atoms with E-state index < -0.39 is 17.2 Å². The van der Waals surface area contributed by atoms with Crippen LogP contribution in [-0.2, 0) is 0 Å². The maximum absolute atomic E-state index is 14.1. The van der Waals surface area contributed by atoms with E-state index in [1.807, 2.05) is 12.1 Å². The Labute approximate surface area is 175 Å². The summed E-state index contributed by atoms with van der Waals surface area (Å²) >= 11 is 3.35. The number of hydrogen-bond donors (Lipinski definition) is 0. The van der Waals surface area contributed by atoms with Crippen LogP contribution in [-0.4, -0.2) is 40.8 Å². The third kappa shape index (κ3) is 4.89. The van der Waals surface area contributed by atoms with E-state index in [0.29, 0.717) is 11.4 Å². The number of aryl methyl sites for hydroxylation is 1. The number of aromatic nitrogens is 2. The molecule has 0 saturated carbocycles. The number of para-hydroxylation sites is 1. The van der Waals surface area contributed by atoms with Crippen LogP contribution in [0.15, 0.2) is 63.9 Å². The van der Waals surface area contributed by atoms with Crippen LogP contribution in [0.25, 0.3) is 5.69 Å². The molecule has 0 radical (unpaired) electrons. The molecular weight excluding hydrogens is 441 g/mol. The molecule has 0 atom stereocenters. The van der Waals surface area contributed by atoms with Gasteiger partial charge in [0.05, 0.1) is 6.54 Å². The van der Waals surface area contributed by atoms with E-state index in [9.17, 15) is 14.0 Å². The lowest BCUT2D eigenvalue weighted by atomic mass is 10.2. The predicted molar refractivity (Wildman–Crippen MR) is 111 cm³/mol. The van der Waals surface area contributed by atoms with Gasteiger partial charge >= 0.3 is 0 Å². The van der Waals surface area contributed by atoms with Crippen LogP contribution in [0.1, 0.15) is 16.2 Å². The molecule has 0 saturated heterocycles. The summed E-state index contributed by atoms with van der Waals surface area (Å²) in [4.78, 5) is 26.4. The third-order valence-corrected chi connectivity index (χ3v) is 4.78. The van der Waals surface area contributed by atoms with Gasteiger partial charge in [-0.3, -0.25) is 9.59 Å². The van der Waals surface area contributed by atoms with Gasteiger partial charge in [0.1, 0.15) is 23.9 Å². The van der Waals surface area contributed by atoms with Crippen molar-refractivity contribution >= 4 is 21.8 Å². The van der Waals surface area contributed by atoms with Gasteiger partial charge in [0.2, 0.25) is 5.43 Å². The normalized spacial score (nSPS) is 10.6. The second kappa shape index (κ2) is 9.00. The Morgan fingerprint density at radius 1 is 1.21 bits per heavy atom. The first-order valence-electron chi connectivity index (χ1n) is 8.86. The number of nitrogens with zero attached hydrogens (tertiary/aromatic N) is 3. The molecule has 0 bridgehead atoms. The Morgan fingerprint density at radius 3 is 2.59 bits per heavy atom. The van der Waals surface area contributed by atoms with Crippen molar-refractivity contribution in [1.29, 1.82) is 0 Å². The van der Waals surface area contributed by atoms with Crippen molar-refractivity contribution in [2.75, 3.05) is 20.2 Å². The molecule has 1 amide bonds. The van der Waals surface area contributed by atoms with Gasteiger partial charge in [-0.25, -0.2) is 9.07 Å². The molecular formula is C21H19BrFN3O3. The number of rotatable bonds is 6. The number of carbonyl (C=O) groups is 1. The molecule has 29 heavy (non-hydrogen) atoms. The molecule has 0 N–H and O–H groups in total. The number of carbonyl (C=O) groups excluding carboxylic acids is 1. The highest BCUT2D eigenvalue weighted by molar-refractivity contribution is 9.10. The van der Waals surface area contributed by atoms with E-state index >= 15 is 0 Å². The number of hydrogen-bond acceptors (Lipinski definition) is 4. The van der Waals surface area contributed by atoms with Crippen LogP contribution >= 0.6 is 15.9 Å². The molecule has 2 aromatic carbocycles. The molecule has 3 aromatic rings. The van der Waals surface area contributed by atoms with Gasteiger partial charge < -0.3 is 9.64 Å². The standard InChI is InChI=1S/C21H19BrFN3O3/c1-14-13-19(27)20(24-26(14)18-6-4-3-5-17(18)23)21(28)25(2)11-12-29-16-9-7-15(22)8-10-16/h3-10,13H,11-12H2,1-2H3. The second-order valence-corrected chi connectivity index (χ2v) is 7.31. The van der Waals surface area contributed by atoms with Crippen LogP contribution in [0.2, 0.25) is 0 Å². The fourth-order valence-corrected chi connectivity index (χ4v) is 2.94. The fourth-order valence-electron chi connectivity index (χ4n) is 2.68. The zero-order valence-electron chi connectivity index (χ0n) is 15.9. The topological polar surface area (TPSA) is 64.4 Å². The Hall–Kier alpha value is -3.00. The molecule has 0 fully saturated rings. The van der Waals surface area contributed by atoms with Crippen LogP contribution in [0.4, 0.5) is 4.39 Å². The summed E-state index contributed by atoms with van der Waals surface area (Å²) in [6.45, 7) is 2.13. The lowest BCUT2D eigenvalue weighted by Crippen LogP contribution is -2.36. The van der Waals surface area contributed by atoms with Gasteiger partial charge in [0, 0.05) is 23.3 Å². The third-order valence-electron chi connectivity index (χ3n) is 4.25. The Morgan fingerprint density at radius 2 is 1.90 bits per heavy atom. The molecule has 0 spiro atoms. The molecule has 0 aliphatic rings. The molecule has 1 heterocycles. The molecule has 1 aromatic heterocycles. The van der Waals surface area contributed by atoms with Crippen molar-refractivity contribution in [3.05, 3.63) is 86.5 Å². The van der Waals surface area contributed by atoms with Crippen molar-refractivity contribution < 1.29 is 13.9 Å². The second-order valence-electron chi connectivity index (χ2n) is 6.39. The highest BCUT2D eigenvalue weighted by Crippen LogP contribution is 2.16. The van der Waals surface area contributed by atoms with E-state index in [0.717, 1.165) is 4.47 Å². The molecule has 6 nitrogen and oxygen atoms in total. The first kappa shape index (κ1) is 20.7. The van der Waals surface area contributed by atoms with Crippen molar-refractivity contribution in [2.45, 2.75) is 6.92 Å². The first-order chi connectivity index (χ1) is 13.9. The summed E-state index contributed by atoms with van der Waals surface area (Å²) < 4.78 is 22.0. The Kier molecular flexibility index (Phi) is 6.43. The smallest absolute Gasteiger partial charge is 0.278 e. The van der Waals surface area contributed by atoms with E-state index in [1.165, 1.54) is 27.8 Å². The fraction of sp³-hybridized carbons (Fsp3) is 0.190. The van der Waals surface area contributed by atoms with Crippen molar-refractivity contribution in [3.63, 3.8) is 0 Å². The minimum absolute atomic E-state index is 0.167. The average molecular weight is 460 g/mol. The summed E-state index contributed by atoms with van der Waals surface area (Å²) in [7, 11) is 1.56. The number of amides is 1. The largest absolute Gasteiger partial charge is 0.492 e. The van der Waals surface area contributed by atoms with Crippen LogP contribution in [0.5, 0.6) is 5.75 Å². The molecule has 150 valence electrons. The zero-order valence-corrected chi connectivity index (χ0v) is 17.5. The maximum atomic E-state index is 14.1. The van der Waals surface area contributed by atoms with Gasteiger partial charge in [0.15, 0.2) is 5.69 Å². The lowest BCUT2D eigenvalue weighted by Gasteiger charge is -2.18. The van der Waals surface area contributed by atoms with Gasteiger partial charge in [0.25, 0.3) is 5.91 Å². The molecule has 0 aliphatic carbocycles. The van der Waals surface area contributed by atoms with Crippen molar-refractivity contribution in [1.82, 2.24) is 14.7 Å². The van der Waals surface area contributed by atoms with Gasteiger partial charge in [-0.2, -0.15) is 5.10 Å². The molecule has 0 unspecified atom stereocenters. The van der Waals surface area contributed by atoms with E-state index in [1.54, 1.807) is 38.2 Å². The highest BCUT2D eigenvalue weighted by atomic mass is 79.9. The van der Waals surface area contributed by atoms with Gasteiger partial charge in [-0.15, -0.1) is 0 Å². The quantitative estimate of drug-likeness (QED) is 0.564.